The molecule has 1 aliphatic heterocycles. The van der Waals surface area contributed by atoms with Crippen molar-refractivity contribution in [2.24, 2.45) is 22.7 Å². The van der Waals surface area contributed by atoms with E-state index in [1.807, 2.05) is 13.8 Å². The monoisotopic (exact) mass is 341 g/mol. The number of imide groups is 1. The lowest BCUT2D eigenvalue weighted by Gasteiger charge is -2.30. The SMILES string of the molecule is COC(=O)c1ccc(N2C(=O)C3C(C2=O)C2(C)CC3(C)CC2=O)cc1. The van der Waals surface area contributed by atoms with Crippen LogP contribution < -0.4 is 4.90 Å². The number of Topliss-reactive ketones (excluding diaryl/α,β-unsaturated/α-hetero) is 1. The lowest BCUT2D eigenvalue weighted by atomic mass is 9.68. The molecule has 0 radical (unpaired) electrons. The molecule has 3 aliphatic rings. The van der Waals surface area contributed by atoms with E-state index in [4.69, 9.17) is 0 Å². The average Bonchev–Trinajstić information content (AvgIpc) is 3.08. The molecule has 1 saturated heterocycles. The van der Waals surface area contributed by atoms with Gasteiger partial charge in [0.15, 0.2) is 0 Å². The van der Waals surface area contributed by atoms with Gasteiger partial charge in [-0.25, -0.2) is 4.79 Å². The standard InChI is InChI=1S/C19H19NO5/c1-18-8-12(21)19(2,9-18)14-13(18)15(22)20(16(14)23)11-6-4-10(5-7-11)17(24)25-3/h4-7,13-14H,8-9H2,1-3H3. The molecule has 2 aliphatic carbocycles. The van der Waals surface area contributed by atoms with Crippen LogP contribution in [0.4, 0.5) is 5.69 Å². The molecule has 2 bridgehead atoms. The molecule has 25 heavy (non-hydrogen) atoms. The Kier molecular flexibility index (Phi) is 3.05. The van der Waals surface area contributed by atoms with Crippen molar-refractivity contribution < 1.29 is 23.9 Å². The molecule has 2 amide bonds. The van der Waals surface area contributed by atoms with E-state index in [1.165, 1.54) is 24.1 Å². The van der Waals surface area contributed by atoms with Gasteiger partial charge in [0.2, 0.25) is 11.8 Å². The highest BCUT2D eigenvalue weighted by molar-refractivity contribution is 6.24. The van der Waals surface area contributed by atoms with Crippen molar-refractivity contribution in [3.63, 3.8) is 0 Å². The van der Waals surface area contributed by atoms with Crippen LogP contribution in [-0.2, 0) is 19.1 Å². The predicted molar refractivity (Wildman–Crippen MR) is 87.7 cm³/mol. The fraction of sp³-hybridized carbons (Fsp3) is 0.474. The number of ketones is 1. The summed E-state index contributed by atoms with van der Waals surface area (Å²) in [5.41, 5.74) is -0.410. The summed E-state index contributed by atoms with van der Waals surface area (Å²) in [6, 6.07) is 6.19. The van der Waals surface area contributed by atoms with Crippen molar-refractivity contribution in [3.8, 4) is 0 Å². The molecule has 1 heterocycles. The minimum absolute atomic E-state index is 0.0836. The summed E-state index contributed by atoms with van der Waals surface area (Å²) in [7, 11) is 1.29. The van der Waals surface area contributed by atoms with Gasteiger partial charge in [-0.3, -0.25) is 19.3 Å². The first-order valence-electron chi connectivity index (χ1n) is 8.32. The fourth-order valence-electron chi connectivity index (χ4n) is 5.20. The van der Waals surface area contributed by atoms with Crippen LogP contribution in [-0.4, -0.2) is 30.7 Å². The molecule has 130 valence electrons. The van der Waals surface area contributed by atoms with Crippen molar-refractivity contribution in [1.82, 2.24) is 0 Å². The molecule has 1 aromatic rings. The van der Waals surface area contributed by atoms with Crippen LogP contribution in [0.1, 0.15) is 37.0 Å². The Morgan fingerprint density at radius 3 is 2.28 bits per heavy atom. The molecule has 4 unspecified atom stereocenters. The van der Waals surface area contributed by atoms with Crippen LogP contribution in [0.2, 0.25) is 0 Å². The van der Waals surface area contributed by atoms with Gasteiger partial charge in [0.25, 0.3) is 0 Å². The number of methoxy groups -OCH3 is 1. The number of rotatable bonds is 2. The summed E-state index contributed by atoms with van der Waals surface area (Å²) in [6.07, 6.45) is 0.958. The highest BCUT2D eigenvalue weighted by Crippen LogP contribution is 2.67. The molecule has 3 fully saturated rings. The van der Waals surface area contributed by atoms with Crippen LogP contribution in [0.3, 0.4) is 0 Å². The van der Waals surface area contributed by atoms with Gasteiger partial charge in [0.05, 0.1) is 30.2 Å². The lowest BCUT2D eigenvalue weighted by molar-refractivity contribution is -0.138. The van der Waals surface area contributed by atoms with E-state index >= 15 is 0 Å². The lowest BCUT2D eigenvalue weighted by Crippen LogP contribution is -2.40. The van der Waals surface area contributed by atoms with E-state index in [1.54, 1.807) is 12.1 Å². The van der Waals surface area contributed by atoms with E-state index in [-0.39, 0.29) is 17.6 Å². The largest absolute Gasteiger partial charge is 0.465 e. The molecule has 0 spiro atoms. The molecule has 0 aromatic heterocycles. The maximum Gasteiger partial charge on any atom is 0.337 e. The maximum absolute atomic E-state index is 13.0. The molecular weight excluding hydrogens is 322 g/mol. The number of amides is 2. The third-order valence-electron chi connectivity index (χ3n) is 6.26. The summed E-state index contributed by atoms with van der Waals surface area (Å²) in [5.74, 6) is -1.96. The summed E-state index contributed by atoms with van der Waals surface area (Å²) in [6.45, 7) is 3.76. The zero-order chi connectivity index (χ0) is 18.1. The Bertz CT molecular complexity index is 829. The second-order valence-corrected chi connectivity index (χ2v) is 7.85. The van der Waals surface area contributed by atoms with Crippen LogP contribution in [0.25, 0.3) is 0 Å². The highest BCUT2D eigenvalue weighted by Gasteiger charge is 2.74. The molecule has 2 saturated carbocycles. The Morgan fingerprint density at radius 2 is 1.68 bits per heavy atom. The van der Waals surface area contributed by atoms with E-state index in [0.29, 0.717) is 24.1 Å². The van der Waals surface area contributed by atoms with Gasteiger partial charge in [-0.05, 0) is 36.1 Å². The van der Waals surface area contributed by atoms with Gasteiger partial charge >= 0.3 is 5.97 Å². The number of hydrogen-bond donors (Lipinski definition) is 0. The Balaban J connectivity index is 1.72. The first-order chi connectivity index (χ1) is 11.7. The highest BCUT2D eigenvalue weighted by atomic mass is 16.5. The van der Waals surface area contributed by atoms with Gasteiger partial charge in [0.1, 0.15) is 5.78 Å². The molecule has 0 N–H and O–H groups in total. The molecule has 6 nitrogen and oxygen atoms in total. The van der Waals surface area contributed by atoms with Gasteiger partial charge in [-0.1, -0.05) is 13.8 Å². The van der Waals surface area contributed by atoms with E-state index in [2.05, 4.69) is 4.74 Å². The van der Waals surface area contributed by atoms with Crippen molar-refractivity contribution in [2.75, 3.05) is 12.0 Å². The van der Waals surface area contributed by atoms with Gasteiger partial charge in [0, 0.05) is 11.8 Å². The quantitative estimate of drug-likeness (QED) is 0.607. The maximum atomic E-state index is 13.0. The van der Waals surface area contributed by atoms with Gasteiger partial charge in [-0.15, -0.1) is 0 Å². The van der Waals surface area contributed by atoms with Crippen molar-refractivity contribution in [2.45, 2.75) is 26.7 Å². The summed E-state index contributed by atoms with van der Waals surface area (Å²) in [5, 5.41) is 0. The number of anilines is 1. The van der Waals surface area contributed by atoms with Crippen LogP contribution >= 0.6 is 0 Å². The summed E-state index contributed by atoms with van der Waals surface area (Å²) in [4.78, 5) is 51.2. The number of carbonyl (C=O) groups is 4. The zero-order valence-electron chi connectivity index (χ0n) is 14.4. The van der Waals surface area contributed by atoms with Crippen LogP contribution in [0.5, 0.6) is 0 Å². The predicted octanol–water partition coefficient (Wildman–Crippen LogP) is 1.97. The zero-order valence-corrected chi connectivity index (χ0v) is 14.4. The van der Waals surface area contributed by atoms with Crippen molar-refractivity contribution >= 4 is 29.3 Å². The normalized spacial score (nSPS) is 36.1. The van der Waals surface area contributed by atoms with Gasteiger partial charge < -0.3 is 4.74 Å². The molecule has 6 heteroatoms. The smallest absolute Gasteiger partial charge is 0.337 e. The fourth-order valence-corrected chi connectivity index (χ4v) is 5.20. The summed E-state index contributed by atoms with van der Waals surface area (Å²) < 4.78 is 4.66. The Hall–Kier alpha value is -2.50. The number of carbonyl (C=O) groups excluding carboxylic acids is 4. The number of benzene rings is 1. The van der Waals surface area contributed by atoms with Crippen molar-refractivity contribution in [3.05, 3.63) is 29.8 Å². The van der Waals surface area contributed by atoms with Gasteiger partial charge in [-0.2, -0.15) is 0 Å². The number of esters is 1. The first kappa shape index (κ1) is 16.0. The van der Waals surface area contributed by atoms with E-state index in [9.17, 15) is 19.2 Å². The first-order valence-corrected chi connectivity index (χ1v) is 8.32. The molecule has 1 aromatic carbocycles. The Labute approximate surface area is 145 Å². The number of nitrogens with zero attached hydrogens (tertiary/aromatic N) is 1. The summed E-state index contributed by atoms with van der Waals surface area (Å²) >= 11 is 0. The average molecular weight is 341 g/mol. The number of ether oxygens (including phenoxy) is 1. The minimum Gasteiger partial charge on any atom is -0.465 e. The molecule has 4 atom stereocenters. The van der Waals surface area contributed by atoms with E-state index < -0.39 is 28.6 Å². The minimum atomic E-state index is -0.743. The molecule has 4 rings (SSSR count). The second-order valence-electron chi connectivity index (χ2n) is 7.85. The number of hydrogen-bond acceptors (Lipinski definition) is 5. The molecular formula is C19H19NO5. The number of fused-ring (bicyclic) bond motifs is 5. The van der Waals surface area contributed by atoms with Crippen molar-refractivity contribution in [1.29, 1.82) is 0 Å². The third kappa shape index (κ3) is 1.85. The van der Waals surface area contributed by atoms with Crippen LogP contribution in [0.15, 0.2) is 24.3 Å². The van der Waals surface area contributed by atoms with Crippen LogP contribution in [0, 0.1) is 22.7 Å². The third-order valence-corrected chi connectivity index (χ3v) is 6.26. The topological polar surface area (TPSA) is 80.8 Å². The Morgan fingerprint density at radius 1 is 1.08 bits per heavy atom. The van der Waals surface area contributed by atoms with E-state index in [0.717, 1.165) is 0 Å². The second kappa shape index (κ2) is 4.77.